The number of aldehydes is 1. The molecule has 5 atom stereocenters. The first-order valence-electron chi connectivity index (χ1n) is 6.48. The topological polar surface area (TPSA) is 179 Å². The third-order valence-corrected chi connectivity index (χ3v) is 4.26. The summed E-state index contributed by atoms with van der Waals surface area (Å²) < 4.78 is 4.66. The third kappa shape index (κ3) is 1.97. The zero-order valence-corrected chi connectivity index (χ0v) is 12.6. The summed E-state index contributed by atoms with van der Waals surface area (Å²) in [7, 11) is 0. The summed E-state index contributed by atoms with van der Waals surface area (Å²) in [4.78, 5) is 46.9. The molecule has 1 heterocycles. The van der Waals surface area contributed by atoms with E-state index >= 15 is 0 Å². The van der Waals surface area contributed by atoms with Crippen molar-refractivity contribution in [2.24, 2.45) is 0 Å². The highest BCUT2D eigenvalue weighted by Gasteiger charge is 2.82. The van der Waals surface area contributed by atoms with E-state index in [1.165, 1.54) is 0 Å². The molecule has 0 aromatic carbocycles. The van der Waals surface area contributed by atoms with E-state index in [1.807, 2.05) is 0 Å². The molecule has 1 rings (SSSR count). The van der Waals surface area contributed by atoms with Gasteiger partial charge in [0.05, 0.1) is 6.61 Å². The van der Waals surface area contributed by atoms with E-state index in [-0.39, 0.29) is 0 Å². The van der Waals surface area contributed by atoms with Crippen LogP contribution in [0.2, 0.25) is 0 Å². The van der Waals surface area contributed by atoms with Gasteiger partial charge in [0.25, 0.3) is 5.79 Å². The van der Waals surface area contributed by atoms with Crippen LogP contribution < -0.4 is 0 Å². The highest BCUT2D eigenvalue weighted by molar-refractivity contribution is 6.07. The Labute approximate surface area is 130 Å². The summed E-state index contributed by atoms with van der Waals surface area (Å²) in [6.07, 6.45) is -2.66. The second kappa shape index (κ2) is 5.51. The van der Waals surface area contributed by atoms with Gasteiger partial charge in [-0.3, -0.25) is 19.2 Å². The average Bonchev–Trinajstić information content (AvgIpc) is 2.47. The van der Waals surface area contributed by atoms with Gasteiger partial charge in [-0.25, -0.2) is 0 Å². The SMILES string of the molecule is CC(=O)[C@@]1(O)[C@@](O)(C(C)=O)C(O)(C=O)O[C@H](CO)[C@@]1(O)C(C)=O. The molecular formula is C13H18O10. The number of carbonyl (C=O) groups excluding carboxylic acids is 4. The van der Waals surface area contributed by atoms with Crippen molar-refractivity contribution >= 4 is 23.6 Å². The van der Waals surface area contributed by atoms with Crippen LogP contribution in [0, 0.1) is 0 Å². The van der Waals surface area contributed by atoms with Crippen LogP contribution in [0.25, 0.3) is 0 Å². The fraction of sp³-hybridized carbons (Fsp3) is 0.692. The lowest BCUT2D eigenvalue weighted by Gasteiger charge is -2.58. The summed E-state index contributed by atoms with van der Waals surface area (Å²) >= 11 is 0. The van der Waals surface area contributed by atoms with Gasteiger partial charge in [0, 0.05) is 0 Å². The smallest absolute Gasteiger partial charge is 0.264 e. The van der Waals surface area contributed by atoms with Gasteiger partial charge in [-0.05, 0) is 20.8 Å². The molecular weight excluding hydrogens is 316 g/mol. The zero-order chi connectivity index (χ0) is 18.4. The van der Waals surface area contributed by atoms with Crippen LogP contribution in [0.15, 0.2) is 0 Å². The van der Waals surface area contributed by atoms with Crippen LogP contribution in [0.5, 0.6) is 0 Å². The van der Waals surface area contributed by atoms with Gasteiger partial charge >= 0.3 is 0 Å². The van der Waals surface area contributed by atoms with Crippen LogP contribution in [-0.2, 0) is 23.9 Å². The Morgan fingerprint density at radius 2 is 1.39 bits per heavy atom. The second-order valence-corrected chi connectivity index (χ2v) is 5.46. The molecule has 0 spiro atoms. The van der Waals surface area contributed by atoms with Gasteiger partial charge < -0.3 is 30.3 Å². The van der Waals surface area contributed by atoms with Gasteiger partial charge in [-0.2, -0.15) is 0 Å². The minimum absolute atomic E-state index is 0.481. The number of hydrogen-bond donors (Lipinski definition) is 5. The molecule has 130 valence electrons. The molecule has 0 amide bonds. The summed E-state index contributed by atoms with van der Waals surface area (Å²) in [5.41, 5.74) is -10.7. The summed E-state index contributed by atoms with van der Waals surface area (Å²) in [5, 5.41) is 51.2. The fourth-order valence-electron chi connectivity index (χ4n) is 2.95. The lowest BCUT2D eigenvalue weighted by Crippen LogP contribution is -2.89. The molecule has 5 N–H and O–H groups in total. The van der Waals surface area contributed by atoms with Crippen molar-refractivity contribution in [1.29, 1.82) is 0 Å². The third-order valence-electron chi connectivity index (χ3n) is 4.26. The summed E-state index contributed by atoms with van der Waals surface area (Å²) in [6, 6.07) is 0. The molecule has 10 nitrogen and oxygen atoms in total. The van der Waals surface area contributed by atoms with Gasteiger partial charge in [-0.1, -0.05) is 0 Å². The number of ether oxygens (including phenoxy) is 1. The lowest BCUT2D eigenvalue weighted by molar-refractivity contribution is -0.387. The van der Waals surface area contributed by atoms with Crippen LogP contribution in [0.1, 0.15) is 20.8 Å². The number of hydrogen-bond acceptors (Lipinski definition) is 10. The van der Waals surface area contributed by atoms with Gasteiger partial charge in [0.15, 0.2) is 29.2 Å². The standard InChI is InChI=1S/C13H18O10/c1-6(16)11(20)9(4-14)23-10(19,5-15)12(21,7(2)17)13(11,22)8(3)18/h5,9,14,19-22H,4H2,1-3H3/t9-,10?,11+,12-,13+/m1/s1. The maximum absolute atomic E-state index is 12.0. The molecule has 1 aliphatic heterocycles. The largest absolute Gasteiger partial charge is 0.394 e. The van der Waals surface area contributed by atoms with Crippen LogP contribution in [0.3, 0.4) is 0 Å². The molecule has 0 aromatic heterocycles. The van der Waals surface area contributed by atoms with E-state index in [0.717, 1.165) is 0 Å². The van der Waals surface area contributed by atoms with Gasteiger partial charge in [0.2, 0.25) is 11.2 Å². The maximum atomic E-state index is 12.0. The van der Waals surface area contributed by atoms with E-state index in [1.54, 1.807) is 0 Å². The van der Waals surface area contributed by atoms with E-state index in [2.05, 4.69) is 4.74 Å². The predicted molar refractivity (Wildman–Crippen MR) is 69.9 cm³/mol. The molecule has 1 saturated heterocycles. The van der Waals surface area contributed by atoms with Crippen LogP contribution >= 0.6 is 0 Å². The molecule has 0 radical (unpaired) electrons. The summed E-state index contributed by atoms with van der Waals surface area (Å²) in [5.74, 6) is -7.87. The normalized spacial score (nSPS) is 43.7. The molecule has 0 saturated carbocycles. The van der Waals surface area contributed by atoms with E-state index in [9.17, 15) is 44.7 Å². The molecule has 0 bridgehead atoms. The number of carbonyl (C=O) groups is 4. The molecule has 1 unspecified atom stereocenters. The maximum Gasteiger partial charge on any atom is 0.264 e. The van der Waals surface area contributed by atoms with E-state index in [0.29, 0.717) is 20.8 Å². The Hall–Kier alpha value is -1.56. The Morgan fingerprint density at radius 1 is 0.957 bits per heavy atom. The first-order valence-corrected chi connectivity index (χ1v) is 6.48. The number of aliphatic hydroxyl groups is 5. The van der Waals surface area contributed by atoms with Crippen molar-refractivity contribution in [3.05, 3.63) is 0 Å². The molecule has 23 heavy (non-hydrogen) atoms. The second-order valence-electron chi connectivity index (χ2n) is 5.46. The molecule has 0 aliphatic carbocycles. The molecule has 1 aliphatic rings. The number of ketones is 3. The Morgan fingerprint density at radius 3 is 1.65 bits per heavy atom. The van der Waals surface area contributed by atoms with Crippen LogP contribution in [-0.4, -0.2) is 84.5 Å². The lowest BCUT2D eigenvalue weighted by atomic mass is 9.58. The average molecular weight is 334 g/mol. The van der Waals surface area contributed by atoms with Crippen molar-refractivity contribution in [3.63, 3.8) is 0 Å². The molecule has 1 fully saturated rings. The Balaban J connectivity index is 3.99. The number of aliphatic hydroxyl groups excluding tert-OH is 1. The van der Waals surface area contributed by atoms with Gasteiger partial charge in [-0.15, -0.1) is 0 Å². The Bertz CT molecular complexity index is 573. The fourth-order valence-corrected chi connectivity index (χ4v) is 2.95. The predicted octanol–water partition coefficient (Wildman–Crippen LogP) is -3.77. The van der Waals surface area contributed by atoms with Crippen molar-refractivity contribution in [2.45, 2.75) is 49.5 Å². The van der Waals surface area contributed by atoms with Crippen molar-refractivity contribution in [2.75, 3.05) is 6.61 Å². The van der Waals surface area contributed by atoms with Crippen molar-refractivity contribution in [1.82, 2.24) is 0 Å². The molecule has 10 heteroatoms. The monoisotopic (exact) mass is 334 g/mol. The first-order chi connectivity index (χ1) is 10.3. The zero-order valence-electron chi connectivity index (χ0n) is 12.6. The Kier molecular flexibility index (Phi) is 4.67. The van der Waals surface area contributed by atoms with Gasteiger partial charge in [0.1, 0.15) is 6.10 Å². The quantitative estimate of drug-likeness (QED) is 0.313. The minimum atomic E-state index is -3.69. The highest BCUT2D eigenvalue weighted by atomic mass is 16.7. The van der Waals surface area contributed by atoms with E-state index in [4.69, 9.17) is 0 Å². The summed E-state index contributed by atoms with van der Waals surface area (Å²) in [6.45, 7) is 0.694. The minimum Gasteiger partial charge on any atom is -0.394 e. The highest BCUT2D eigenvalue weighted by Crippen LogP contribution is 2.49. The van der Waals surface area contributed by atoms with Crippen molar-refractivity contribution < 1.29 is 49.4 Å². The first kappa shape index (κ1) is 19.5. The van der Waals surface area contributed by atoms with Crippen LogP contribution in [0.4, 0.5) is 0 Å². The van der Waals surface area contributed by atoms with E-state index < -0.39 is 58.9 Å². The van der Waals surface area contributed by atoms with Crippen molar-refractivity contribution in [3.8, 4) is 0 Å². The molecule has 0 aromatic rings. The number of Topliss-reactive ketones (excluding diaryl/α,β-unsaturated/α-hetero) is 3. The number of rotatable bonds is 5.